The topological polar surface area (TPSA) is 87.7 Å². The smallest absolute Gasteiger partial charge is 0.276 e. The molecule has 2 saturated heterocycles. The highest BCUT2D eigenvalue weighted by Gasteiger charge is 2.52. The van der Waals surface area contributed by atoms with Gasteiger partial charge in [0.2, 0.25) is 5.91 Å². The molecule has 3 rings (SSSR count). The van der Waals surface area contributed by atoms with Crippen molar-refractivity contribution in [3.05, 3.63) is 29.8 Å². The highest BCUT2D eigenvalue weighted by molar-refractivity contribution is 8.01. The molecule has 2 aliphatic heterocycles. The van der Waals surface area contributed by atoms with Gasteiger partial charge < -0.3 is 9.64 Å². The van der Waals surface area contributed by atoms with E-state index in [0.717, 1.165) is 12.0 Å². The first-order valence-corrected chi connectivity index (χ1v) is 9.12. The quantitative estimate of drug-likeness (QED) is 0.779. The Morgan fingerprint density at radius 1 is 1.32 bits per heavy atom. The molecule has 2 aliphatic rings. The van der Waals surface area contributed by atoms with Crippen molar-refractivity contribution in [3.8, 4) is 5.75 Å². The Balaban J connectivity index is 1.46. The minimum absolute atomic E-state index is 0.0123. The van der Waals surface area contributed by atoms with Crippen molar-refractivity contribution in [1.29, 1.82) is 0 Å². The zero-order chi connectivity index (χ0) is 18.0. The molecule has 2 N–H and O–H groups in total. The molecule has 0 radical (unpaired) electrons. The predicted molar refractivity (Wildman–Crippen MR) is 93.7 cm³/mol. The zero-order valence-corrected chi connectivity index (χ0v) is 15.0. The van der Waals surface area contributed by atoms with Gasteiger partial charge in [-0.05, 0) is 32.4 Å². The van der Waals surface area contributed by atoms with Crippen LogP contribution < -0.4 is 15.6 Å². The second-order valence-electron chi connectivity index (χ2n) is 6.40. The maximum atomic E-state index is 12.3. The lowest BCUT2D eigenvalue weighted by molar-refractivity contribution is -0.139. The van der Waals surface area contributed by atoms with E-state index in [9.17, 15) is 14.4 Å². The van der Waals surface area contributed by atoms with Crippen molar-refractivity contribution in [2.75, 3.05) is 12.4 Å². The standard InChI is InChI=1S/C17H21N3O4S/c1-11-3-5-12(6-4-11)24-9-14(21)18-19-16(23)13-10-25-17(2)8-7-15(22)20(13)17/h3-6,13H,7-10H2,1-2H3,(H,18,21)(H,19,23)/t13-,17-/m1/s1. The molecule has 7 nitrogen and oxygen atoms in total. The van der Waals surface area contributed by atoms with Gasteiger partial charge >= 0.3 is 0 Å². The van der Waals surface area contributed by atoms with Crippen LogP contribution in [0.3, 0.4) is 0 Å². The molecule has 0 aliphatic carbocycles. The highest BCUT2D eigenvalue weighted by Crippen LogP contribution is 2.47. The molecule has 0 unspecified atom stereocenters. The highest BCUT2D eigenvalue weighted by atomic mass is 32.2. The summed E-state index contributed by atoms with van der Waals surface area (Å²) in [6.45, 7) is 3.73. The Morgan fingerprint density at radius 2 is 2.04 bits per heavy atom. The van der Waals surface area contributed by atoms with Crippen LogP contribution in [0.25, 0.3) is 0 Å². The van der Waals surface area contributed by atoms with Gasteiger partial charge in [-0.2, -0.15) is 0 Å². The molecule has 0 spiro atoms. The number of nitrogens with one attached hydrogen (secondary N) is 2. The van der Waals surface area contributed by atoms with Crippen LogP contribution in [0.1, 0.15) is 25.3 Å². The Morgan fingerprint density at radius 3 is 2.76 bits per heavy atom. The first-order chi connectivity index (χ1) is 11.9. The average molecular weight is 363 g/mol. The van der Waals surface area contributed by atoms with Crippen LogP contribution >= 0.6 is 11.8 Å². The van der Waals surface area contributed by atoms with E-state index in [2.05, 4.69) is 10.9 Å². The fraction of sp³-hybridized carbons (Fsp3) is 0.471. The summed E-state index contributed by atoms with van der Waals surface area (Å²) < 4.78 is 5.35. The summed E-state index contributed by atoms with van der Waals surface area (Å²) >= 11 is 1.61. The van der Waals surface area contributed by atoms with Crippen LogP contribution in [0.5, 0.6) is 5.75 Å². The number of amides is 3. The summed E-state index contributed by atoms with van der Waals surface area (Å²) in [5.41, 5.74) is 5.83. The number of benzene rings is 1. The van der Waals surface area contributed by atoms with E-state index < -0.39 is 11.9 Å². The van der Waals surface area contributed by atoms with Gasteiger partial charge in [-0.15, -0.1) is 11.8 Å². The first-order valence-electron chi connectivity index (χ1n) is 8.13. The molecule has 2 atom stereocenters. The molecule has 1 aromatic rings. The molecule has 1 aromatic carbocycles. The van der Waals surface area contributed by atoms with Crippen molar-refractivity contribution >= 4 is 29.5 Å². The number of ether oxygens (including phenoxy) is 1. The molecule has 2 heterocycles. The fourth-order valence-electron chi connectivity index (χ4n) is 3.05. The molecule has 2 fully saturated rings. The minimum atomic E-state index is -0.552. The van der Waals surface area contributed by atoms with Crippen molar-refractivity contribution in [3.63, 3.8) is 0 Å². The summed E-state index contributed by atoms with van der Waals surface area (Å²) in [5, 5.41) is 0. The van der Waals surface area contributed by atoms with Crippen molar-refractivity contribution in [2.45, 2.75) is 37.6 Å². The summed E-state index contributed by atoms with van der Waals surface area (Å²) in [7, 11) is 0. The summed E-state index contributed by atoms with van der Waals surface area (Å²) in [4.78, 5) is 37.5. The molecular formula is C17H21N3O4S. The third-order valence-electron chi connectivity index (χ3n) is 4.46. The first kappa shape index (κ1) is 17.6. The van der Waals surface area contributed by atoms with E-state index in [-0.39, 0.29) is 23.3 Å². The van der Waals surface area contributed by atoms with E-state index in [1.54, 1.807) is 28.8 Å². The number of fused-ring (bicyclic) bond motifs is 1. The van der Waals surface area contributed by atoms with E-state index in [0.29, 0.717) is 17.9 Å². The number of carbonyl (C=O) groups excluding carboxylic acids is 3. The van der Waals surface area contributed by atoms with Crippen molar-refractivity contribution in [2.24, 2.45) is 0 Å². The monoisotopic (exact) mass is 363 g/mol. The molecule has 0 saturated carbocycles. The summed E-state index contributed by atoms with van der Waals surface area (Å²) in [6, 6.07) is 6.77. The van der Waals surface area contributed by atoms with Gasteiger partial charge in [0, 0.05) is 12.2 Å². The lowest BCUT2D eigenvalue weighted by Crippen LogP contribution is -2.54. The number of thioether (sulfide) groups is 1. The van der Waals surface area contributed by atoms with Gasteiger partial charge in [-0.25, -0.2) is 0 Å². The number of hydrogen-bond donors (Lipinski definition) is 2. The van der Waals surface area contributed by atoms with Crippen LogP contribution in [0.2, 0.25) is 0 Å². The molecule has 3 amide bonds. The molecule has 134 valence electrons. The third-order valence-corrected chi connectivity index (χ3v) is 5.97. The maximum absolute atomic E-state index is 12.3. The van der Waals surface area contributed by atoms with Crippen molar-refractivity contribution in [1.82, 2.24) is 15.8 Å². The van der Waals surface area contributed by atoms with E-state index >= 15 is 0 Å². The predicted octanol–water partition coefficient (Wildman–Crippen LogP) is 0.975. The van der Waals surface area contributed by atoms with Gasteiger partial charge in [-0.1, -0.05) is 17.7 Å². The summed E-state index contributed by atoms with van der Waals surface area (Å²) in [5.74, 6) is 0.258. The van der Waals surface area contributed by atoms with Gasteiger partial charge in [0.15, 0.2) is 6.61 Å². The van der Waals surface area contributed by atoms with Crippen LogP contribution in [0, 0.1) is 6.92 Å². The Bertz CT molecular complexity index is 694. The molecule has 8 heteroatoms. The van der Waals surface area contributed by atoms with Crippen LogP contribution in [-0.4, -0.2) is 45.9 Å². The molecule has 0 aromatic heterocycles. The minimum Gasteiger partial charge on any atom is -0.484 e. The lowest BCUT2D eigenvalue weighted by atomic mass is 10.2. The lowest BCUT2D eigenvalue weighted by Gasteiger charge is -2.29. The van der Waals surface area contributed by atoms with Gasteiger partial charge in [0.25, 0.3) is 11.8 Å². The number of nitrogens with zero attached hydrogens (tertiary/aromatic N) is 1. The molecular weight excluding hydrogens is 342 g/mol. The SMILES string of the molecule is Cc1ccc(OCC(=O)NNC(=O)[C@H]2CS[C@]3(C)CCC(=O)N23)cc1. The number of hydrogen-bond acceptors (Lipinski definition) is 5. The largest absolute Gasteiger partial charge is 0.484 e. The third kappa shape index (κ3) is 3.73. The van der Waals surface area contributed by atoms with Crippen LogP contribution in [0.15, 0.2) is 24.3 Å². The Kier molecular flexibility index (Phi) is 4.89. The summed E-state index contributed by atoms with van der Waals surface area (Å²) in [6.07, 6.45) is 1.21. The average Bonchev–Trinajstić information content (AvgIpc) is 3.08. The van der Waals surface area contributed by atoms with Gasteiger partial charge in [0.05, 0.1) is 4.87 Å². The molecule has 25 heavy (non-hydrogen) atoms. The normalized spacial score (nSPS) is 24.8. The Hall–Kier alpha value is -2.22. The van der Waals surface area contributed by atoms with Crippen LogP contribution in [0.4, 0.5) is 0 Å². The fourth-order valence-corrected chi connectivity index (χ4v) is 4.48. The maximum Gasteiger partial charge on any atom is 0.276 e. The van der Waals surface area contributed by atoms with Crippen molar-refractivity contribution < 1.29 is 19.1 Å². The van der Waals surface area contributed by atoms with E-state index in [4.69, 9.17) is 4.74 Å². The number of aryl methyl sites for hydroxylation is 1. The number of carbonyl (C=O) groups is 3. The zero-order valence-electron chi connectivity index (χ0n) is 14.2. The van der Waals surface area contributed by atoms with Gasteiger partial charge in [0.1, 0.15) is 11.8 Å². The Labute approximate surface area is 150 Å². The van der Waals surface area contributed by atoms with Crippen LogP contribution in [-0.2, 0) is 14.4 Å². The number of rotatable bonds is 4. The van der Waals surface area contributed by atoms with Gasteiger partial charge in [-0.3, -0.25) is 25.2 Å². The molecule has 0 bridgehead atoms. The van der Waals surface area contributed by atoms with E-state index in [1.807, 2.05) is 26.0 Å². The van der Waals surface area contributed by atoms with E-state index in [1.165, 1.54) is 0 Å². The number of hydrazine groups is 1. The second-order valence-corrected chi connectivity index (χ2v) is 7.91. The second kappa shape index (κ2) is 6.95.